The van der Waals surface area contributed by atoms with Crippen LogP contribution in [0.3, 0.4) is 0 Å². The van der Waals surface area contributed by atoms with Gasteiger partial charge in [-0.05, 0) is 43.6 Å². The molecule has 140 valence electrons. The molecule has 1 saturated heterocycles. The lowest BCUT2D eigenvalue weighted by Gasteiger charge is -2.30. The second-order valence-electron chi connectivity index (χ2n) is 6.92. The molecule has 1 fully saturated rings. The molecule has 2 aromatic carbocycles. The van der Waals surface area contributed by atoms with E-state index < -0.39 is 0 Å². The van der Waals surface area contributed by atoms with Crippen molar-refractivity contribution < 1.29 is 9.90 Å². The van der Waals surface area contributed by atoms with Crippen molar-refractivity contribution in [3.8, 4) is 17.2 Å². The van der Waals surface area contributed by atoms with Crippen molar-refractivity contribution in [2.45, 2.75) is 25.3 Å². The molecule has 0 aromatic heterocycles. The first-order valence-electron chi connectivity index (χ1n) is 9.45. The van der Waals surface area contributed by atoms with Gasteiger partial charge in [0.15, 0.2) is 0 Å². The van der Waals surface area contributed by atoms with E-state index in [0.29, 0.717) is 17.7 Å². The van der Waals surface area contributed by atoms with Crippen LogP contribution in [0.25, 0.3) is 11.1 Å². The highest BCUT2D eigenvalue weighted by atomic mass is 16.3. The quantitative estimate of drug-likeness (QED) is 0.827. The first kappa shape index (κ1) is 19.1. The number of carbonyl (C=O) groups excluding carboxylic acids is 1. The minimum Gasteiger partial charge on any atom is -0.394 e. The third kappa shape index (κ3) is 4.73. The number of piperidine rings is 1. The number of carbonyl (C=O) groups is 1. The summed E-state index contributed by atoms with van der Waals surface area (Å²) in [4.78, 5) is 15.2. The monoisotopic (exact) mass is 363 g/mol. The SMILES string of the molecule is N#Cc1ccccc1-c1ccccc1C(=O)N[C@H](CO)CN1CCCCC1. The summed E-state index contributed by atoms with van der Waals surface area (Å²) >= 11 is 0. The number of hydrogen-bond acceptors (Lipinski definition) is 4. The maximum absolute atomic E-state index is 12.9. The molecule has 0 radical (unpaired) electrons. The maximum atomic E-state index is 12.9. The predicted octanol–water partition coefficient (Wildman–Crippen LogP) is 2.80. The first-order chi connectivity index (χ1) is 13.2. The largest absolute Gasteiger partial charge is 0.394 e. The summed E-state index contributed by atoms with van der Waals surface area (Å²) in [6.07, 6.45) is 3.58. The van der Waals surface area contributed by atoms with Gasteiger partial charge in [0.1, 0.15) is 0 Å². The van der Waals surface area contributed by atoms with Gasteiger partial charge in [-0.1, -0.05) is 42.8 Å². The van der Waals surface area contributed by atoms with Crippen LogP contribution in [0.1, 0.15) is 35.2 Å². The Morgan fingerprint density at radius 3 is 2.44 bits per heavy atom. The van der Waals surface area contributed by atoms with Gasteiger partial charge in [0.2, 0.25) is 0 Å². The molecule has 27 heavy (non-hydrogen) atoms. The normalized spacial score (nSPS) is 15.7. The molecule has 2 N–H and O–H groups in total. The number of nitriles is 1. The smallest absolute Gasteiger partial charge is 0.252 e. The summed E-state index contributed by atoms with van der Waals surface area (Å²) in [6, 6.07) is 16.4. The van der Waals surface area contributed by atoms with Gasteiger partial charge in [-0.15, -0.1) is 0 Å². The van der Waals surface area contributed by atoms with Crippen molar-refractivity contribution in [3.05, 3.63) is 59.7 Å². The van der Waals surface area contributed by atoms with Gasteiger partial charge in [-0.2, -0.15) is 5.26 Å². The van der Waals surface area contributed by atoms with Gasteiger partial charge in [-0.25, -0.2) is 0 Å². The predicted molar refractivity (Wildman–Crippen MR) is 105 cm³/mol. The zero-order valence-electron chi connectivity index (χ0n) is 15.4. The van der Waals surface area contributed by atoms with E-state index in [9.17, 15) is 15.2 Å². The van der Waals surface area contributed by atoms with Gasteiger partial charge < -0.3 is 15.3 Å². The lowest BCUT2D eigenvalue weighted by molar-refractivity contribution is 0.0887. The fourth-order valence-electron chi connectivity index (χ4n) is 3.60. The Morgan fingerprint density at radius 1 is 1.07 bits per heavy atom. The van der Waals surface area contributed by atoms with E-state index in [-0.39, 0.29) is 18.6 Å². The van der Waals surface area contributed by atoms with Crippen molar-refractivity contribution in [2.24, 2.45) is 0 Å². The van der Waals surface area contributed by atoms with E-state index in [0.717, 1.165) is 24.2 Å². The van der Waals surface area contributed by atoms with Crippen molar-refractivity contribution in [1.29, 1.82) is 5.26 Å². The number of hydrogen-bond donors (Lipinski definition) is 2. The van der Waals surface area contributed by atoms with Crippen LogP contribution < -0.4 is 5.32 Å². The third-order valence-corrected chi connectivity index (χ3v) is 4.99. The second kappa shape index (κ2) is 9.31. The van der Waals surface area contributed by atoms with Crippen LogP contribution >= 0.6 is 0 Å². The Kier molecular flexibility index (Phi) is 6.59. The lowest BCUT2D eigenvalue weighted by atomic mass is 9.95. The average molecular weight is 363 g/mol. The Morgan fingerprint density at radius 2 is 1.74 bits per heavy atom. The van der Waals surface area contributed by atoms with Crippen molar-refractivity contribution in [2.75, 3.05) is 26.2 Å². The van der Waals surface area contributed by atoms with Gasteiger partial charge in [-0.3, -0.25) is 4.79 Å². The Bertz CT molecular complexity index is 822. The van der Waals surface area contributed by atoms with E-state index in [1.54, 1.807) is 12.1 Å². The van der Waals surface area contributed by atoms with Crippen molar-refractivity contribution in [1.82, 2.24) is 10.2 Å². The summed E-state index contributed by atoms with van der Waals surface area (Å²) in [5.41, 5.74) is 2.51. The van der Waals surface area contributed by atoms with Crippen LogP contribution in [0.15, 0.2) is 48.5 Å². The fraction of sp³-hybridized carbons (Fsp3) is 0.364. The molecule has 1 amide bonds. The molecular formula is C22H25N3O2. The molecule has 0 aliphatic carbocycles. The summed E-state index contributed by atoms with van der Waals surface area (Å²) in [5.74, 6) is -0.227. The summed E-state index contributed by atoms with van der Waals surface area (Å²) in [5, 5.41) is 22.1. The minimum atomic E-state index is -0.310. The van der Waals surface area contributed by atoms with Crippen molar-refractivity contribution >= 4 is 5.91 Å². The van der Waals surface area contributed by atoms with E-state index in [1.807, 2.05) is 36.4 Å². The molecule has 0 unspecified atom stereocenters. The maximum Gasteiger partial charge on any atom is 0.252 e. The minimum absolute atomic E-state index is 0.0980. The zero-order valence-corrected chi connectivity index (χ0v) is 15.4. The van der Waals surface area contributed by atoms with E-state index in [4.69, 9.17) is 0 Å². The van der Waals surface area contributed by atoms with Crippen LogP contribution in [0.5, 0.6) is 0 Å². The van der Waals surface area contributed by atoms with E-state index >= 15 is 0 Å². The highest BCUT2D eigenvalue weighted by molar-refractivity contribution is 6.01. The number of aliphatic hydroxyl groups excluding tert-OH is 1. The van der Waals surface area contributed by atoms with Crippen LogP contribution in [0, 0.1) is 11.3 Å². The highest BCUT2D eigenvalue weighted by Gasteiger charge is 2.20. The molecule has 5 heteroatoms. The van der Waals surface area contributed by atoms with Gasteiger partial charge in [0, 0.05) is 17.7 Å². The molecule has 5 nitrogen and oxygen atoms in total. The van der Waals surface area contributed by atoms with Crippen LogP contribution in [0.4, 0.5) is 0 Å². The summed E-state index contributed by atoms with van der Waals surface area (Å²) in [7, 11) is 0. The molecule has 3 rings (SSSR count). The number of likely N-dealkylation sites (tertiary alicyclic amines) is 1. The molecule has 1 aliphatic heterocycles. The Balaban J connectivity index is 1.79. The molecule has 0 spiro atoms. The number of aliphatic hydroxyl groups is 1. The average Bonchev–Trinajstić information content (AvgIpc) is 2.73. The lowest BCUT2D eigenvalue weighted by Crippen LogP contribution is -2.47. The molecule has 2 aromatic rings. The standard InChI is InChI=1S/C22H25N3O2/c23-14-17-8-2-3-9-19(17)20-10-4-5-11-21(20)22(27)24-18(16-26)15-25-12-6-1-7-13-25/h2-5,8-11,18,26H,1,6-7,12-13,15-16H2,(H,24,27)/t18-/m0/s1. The molecule has 0 bridgehead atoms. The Hall–Kier alpha value is -2.68. The van der Waals surface area contributed by atoms with Crippen LogP contribution in [-0.2, 0) is 0 Å². The number of benzene rings is 2. The first-order valence-corrected chi connectivity index (χ1v) is 9.45. The number of amides is 1. The summed E-state index contributed by atoms with van der Waals surface area (Å²) in [6.45, 7) is 2.58. The topological polar surface area (TPSA) is 76.4 Å². The second-order valence-corrected chi connectivity index (χ2v) is 6.92. The molecule has 0 saturated carbocycles. The van der Waals surface area contributed by atoms with Crippen LogP contribution in [-0.4, -0.2) is 48.2 Å². The molecular weight excluding hydrogens is 338 g/mol. The van der Waals surface area contributed by atoms with Gasteiger partial charge in [0.25, 0.3) is 5.91 Å². The van der Waals surface area contributed by atoms with Crippen LogP contribution in [0.2, 0.25) is 0 Å². The van der Waals surface area contributed by atoms with Gasteiger partial charge in [0.05, 0.1) is 24.3 Å². The number of nitrogens with one attached hydrogen (secondary N) is 1. The summed E-state index contributed by atoms with van der Waals surface area (Å²) < 4.78 is 0. The van der Waals surface area contributed by atoms with Gasteiger partial charge >= 0.3 is 0 Å². The Labute approximate surface area is 160 Å². The zero-order chi connectivity index (χ0) is 19.1. The number of nitrogens with zero attached hydrogens (tertiary/aromatic N) is 2. The van der Waals surface area contributed by atoms with E-state index in [2.05, 4.69) is 16.3 Å². The fourth-order valence-corrected chi connectivity index (χ4v) is 3.60. The van der Waals surface area contributed by atoms with E-state index in [1.165, 1.54) is 19.3 Å². The number of rotatable bonds is 6. The molecule has 1 aliphatic rings. The third-order valence-electron chi connectivity index (χ3n) is 4.99. The molecule has 1 atom stereocenters. The molecule has 1 heterocycles. The van der Waals surface area contributed by atoms with Crippen molar-refractivity contribution in [3.63, 3.8) is 0 Å². The highest BCUT2D eigenvalue weighted by Crippen LogP contribution is 2.27.